The molecule has 5 nitrogen and oxygen atoms in total. The highest BCUT2D eigenvalue weighted by Gasteiger charge is 2.13. The lowest BCUT2D eigenvalue weighted by atomic mass is 9.91. The Kier molecular flexibility index (Phi) is 7.03. The average Bonchev–Trinajstić information content (AvgIpc) is 2.56. The van der Waals surface area contributed by atoms with E-state index >= 15 is 0 Å². The van der Waals surface area contributed by atoms with Crippen LogP contribution in [0.1, 0.15) is 30.4 Å². The summed E-state index contributed by atoms with van der Waals surface area (Å²) in [6.45, 7) is 2.26. The Morgan fingerprint density at radius 3 is 2.82 bits per heavy atom. The Balaban J connectivity index is 1.66. The van der Waals surface area contributed by atoms with Crippen molar-refractivity contribution in [3.05, 3.63) is 29.3 Å². The zero-order chi connectivity index (χ0) is 15.6. The number of amides is 2. The summed E-state index contributed by atoms with van der Waals surface area (Å²) >= 11 is 0. The van der Waals surface area contributed by atoms with E-state index in [0.717, 1.165) is 25.0 Å². The third-order valence-electron chi connectivity index (χ3n) is 3.81. The lowest BCUT2D eigenvalue weighted by Gasteiger charge is -2.19. The smallest absolute Gasteiger partial charge is 0.314 e. The molecule has 22 heavy (non-hydrogen) atoms. The molecule has 0 spiro atoms. The Labute approximate surface area is 132 Å². The number of hydrogen-bond acceptors (Lipinski definition) is 3. The van der Waals surface area contributed by atoms with Crippen LogP contribution in [0.25, 0.3) is 0 Å². The van der Waals surface area contributed by atoms with Crippen LogP contribution in [0, 0.1) is 0 Å². The highest BCUT2D eigenvalue weighted by atomic mass is 16.5. The second-order valence-electron chi connectivity index (χ2n) is 5.48. The van der Waals surface area contributed by atoms with E-state index in [1.165, 1.54) is 24.0 Å². The maximum Gasteiger partial charge on any atom is 0.314 e. The lowest BCUT2D eigenvalue weighted by Crippen LogP contribution is -2.38. The molecular weight excluding hydrogens is 280 g/mol. The maximum atomic E-state index is 11.5. The Morgan fingerprint density at radius 1 is 1.14 bits per heavy atom. The number of nitrogens with one attached hydrogen (secondary N) is 2. The van der Waals surface area contributed by atoms with E-state index in [0.29, 0.717) is 26.3 Å². The zero-order valence-electron chi connectivity index (χ0n) is 13.3. The number of benzene rings is 1. The zero-order valence-corrected chi connectivity index (χ0v) is 13.3. The van der Waals surface area contributed by atoms with Gasteiger partial charge in [0.1, 0.15) is 12.4 Å². The summed E-state index contributed by atoms with van der Waals surface area (Å²) in [5, 5.41) is 5.57. The largest absolute Gasteiger partial charge is 0.491 e. The van der Waals surface area contributed by atoms with Gasteiger partial charge in [-0.15, -0.1) is 0 Å². The van der Waals surface area contributed by atoms with E-state index in [1.54, 1.807) is 7.11 Å². The molecule has 0 atom stereocenters. The van der Waals surface area contributed by atoms with Crippen LogP contribution in [-0.4, -0.2) is 39.4 Å². The predicted octanol–water partition coefficient (Wildman–Crippen LogP) is 2.28. The third-order valence-corrected chi connectivity index (χ3v) is 3.81. The molecule has 5 heteroatoms. The van der Waals surface area contributed by atoms with Crippen molar-refractivity contribution in [1.29, 1.82) is 0 Å². The normalized spacial score (nSPS) is 13.3. The van der Waals surface area contributed by atoms with Gasteiger partial charge in [0, 0.05) is 20.3 Å². The molecular formula is C17H26N2O3. The van der Waals surface area contributed by atoms with E-state index in [-0.39, 0.29) is 6.03 Å². The molecule has 0 saturated carbocycles. The van der Waals surface area contributed by atoms with Gasteiger partial charge in [0.15, 0.2) is 0 Å². The van der Waals surface area contributed by atoms with Crippen LogP contribution < -0.4 is 15.4 Å². The quantitative estimate of drug-likeness (QED) is 0.724. The van der Waals surface area contributed by atoms with Crippen LogP contribution in [0.5, 0.6) is 5.75 Å². The van der Waals surface area contributed by atoms with Crippen molar-refractivity contribution < 1.29 is 14.3 Å². The standard InChI is InChI=1S/C17H26N2O3/c1-21-12-5-10-18-17(20)19-11-13-22-16-9-4-7-14-6-2-3-8-15(14)16/h4,7,9H,2-3,5-6,8,10-13H2,1H3,(H2,18,19,20). The van der Waals surface area contributed by atoms with Gasteiger partial charge in [-0.2, -0.15) is 0 Å². The first-order valence-electron chi connectivity index (χ1n) is 8.05. The summed E-state index contributed by atoms with van der Waals surface area (Å²) in [5.74, 6) is 0.972. The second-order valence-corrected chi connectivity index (χ2v) is 5.48. The molecule has 0 aliphatic heterocycles. The molecule has 0 aromatic heterocycles. The number of fused-ring (bicyclic) bond motifs is 1. The highest BCUT2D eigenvalue weighted by Crippen LogP contribution is 2.29. The molecule has 2 N–H and O–H groups in total. The maximum absolute atomic E-state index is 11.5. The van der Waals surface area contributed by atoms with Crippen LogP contribution >= 0.6 is 0 Å². The highest BCUT2D eigenvalue weighted by molar-refractivity contribution is 5.73. The summed E-state index contributed by atoms with van der Waals surface area (Å²) < 4.78 is 10.8. The molecule has 0 unspecified atom stereocenters. The molecule has 1 aliphatic carbocycles. The monoisotopic (exact) mass is 306 g/mol. The minimum absolute atomic E-state index is 0.158. The van der Waals surface area contributed by atoms with Gasteiger partial charge in [0.05, 0.1) is 6.54 Å². The Morgan fingerprint density at radius 2 is 1.95 bits per heavy atom. The number of carbonyl (C=O) groups excluding carboxylic acids is 1. The third kappa shape index (κ3) is 5.22. The van der Waals surface area contributed by atoms with Gasteiger partial charge in [-0.1, -0.05) is 12.1 Å². The molecule has 0 fully saturated rings. The second kappa shape index (κ2) is 9.30. The van der Waals surface area contributed by atoms with Crippen molar-refractivity contribution >= 4 is 6.03 Å². The van der Waals surface area contributed by atoms with Crippen LogP contribution in [0.4, 0.5) is 4.79 Å². The van der Waals surface area contributed by atoms with Gasteiger partial charge < -0.3 is 20.1 Å². The topological polar surface area (TPSA) is 59.6 Å². The summed E-state index contributed by atoms with van der Waals surface area (Å²) in [4.78, 5) is 11.5. The first-order valence-corrected chi connectivity index (χ1v) is 8.05. The number of methoxy groups -OCH3 is 1. The van der Waals surface area contributed by atoms with Gasteiger partial charge in [0.25, 0.3) is 0 Å². The van der Waals surface area contributed by atoms with E-state index in [9.17, 15) is 4.79 Å². The van der Waals surface area contributed by atoms with E-state index in [1.807, 2.05) is 6.07 Å². The number of aryl methyl sites for hydroxylation is 1. The number of ether oxygens (including phenoxy) is 2. The van der Waals surface area contributed by atoms with Crippen molar-refractivity contribution in [2.75, 3.05) is 33.4 Å². The number of urea groups is 1. The summed E-state index contributed by atoms with van der Waals surface area (Å²) in [6.07, 6.45) is 5.56. The first kappa shape index (κ1) is 16.6. The van der Waals surface area contributed by atoms with Crippen LogP contribution in [0.2, 0.25) is 0 Å². The molecule has 2 rings (SSSR count). The van der Waals surface area contributed by atoms with Gasteiger partial charge in [-0.3, -0.25) is 0 Å². The van der Waals surface area contributed by atoms with Crippen LogP contribution in [0.3, 0.4) is 0 Å². The van der Waals surface area contributed by atoms with E-state index < -0.39 is 0 Å². The van der Waals surface area contributed by atoms with Crippen molar-refractivity contribution in [2.24, 2.45) is 0 Å². The molecule has 1 aromatic rings. The van der Waals surface area contributed by atoms with Gasteiger partial charge in [-0.05, 0) is 49.3 Å². The molecule has 0 radical (unpaired) electrons. The van der Waals surface area contributed by atoms with E-state index in [4.69, 9.17) is 9.47 Å². The fourth-order valence-electron chi connectivity index (χ4n) is 2.69. The molecule has 0 heterocycles. The van der Waals surface area contributed by atoms with Gasteiger partial charge >= 0.3 is 6.03 Å². The van der Waals surface area contributed by atoms with Gasteiger partial charge in [0.2, 0.25) is 0 Å². The SMILES string of the molecule is COCCCNC(=O)NCCOc1cccc2c1CCCC2. The first-order chi connectivity index (χ1) is 10.8. The molecule has 1 aliphatic rings. The average molecular weight is 306 g/mol. The minimum atomic E-state index is -0.158. The van der Waals surface area contributed by atoms with Gasteiger partial charge in [-0.25, -0.2) is 4.79 Å². The Hall–Kier alpha value is -1.75. The fraction of sp³-hybridized carbons (Fsp3) is 0.588. The molecule has 0 bridgehead atoms. The molecule has 0 saturated heterocycles. The molecule has 1 aromatic carbocycles. The lowest BCUT2D eigenvalue weighted by molar-refractivity contribution is 0.193. The van der Waals surface area contributed by atoms with Crippen molar-refractivity contribution in [1.82, 2.24) is 10.6 Å². The van der Waals surface area contributed by atoms with Crippen LogP contribution in [-0.2, 0) is 17.6 Å². The summed E-state index contributed by atoms with van der Waals surface area (Å²) in [7, 11) is 1.65. The minimum Gasteiger partial charge on any atom is -0.491 e. The predicted molar refractivity (Wildman–Crippen MR) is 86.5 cm³/mol. The number of rotatable bonds is 8. The summed E-state index contributed by atoms with van der Waals surface area (Å²) in [5.41, 5.74) is 2.75. The Bertz CT molecular complexity index is 477. The number of carbonyl (C=O) groups is 1. The molecule has 2 amide bonds. The van der Waals surface area contributed by atoms with E-state index in [2.05, 4.69) is 22.8 Å². The molecule has 122 valence electrons. The fourth-order valence-corrected chi connectivity index (χ4v) is 2.69. The van der Waals surface area contributed by atoms with Crippen LogP contribution in [0.15, 0.2) is 18.2 Å². The number of hydrogen-bond donors (Lipinski definition) is 2. The van der Waals surface area contributed by atoms with Crippen molar-refractivity contribution in [3.8, 4) is 5.75 Å². The van der Waals surface area contributed by atoms with Crippen molar-refractivity contribution in [3.63, 3.8) is 0 Å². The van der Waals surface area contributed by atoms with Crippen molar-refractivity contribution in [2.45, 2.75) is 32.1 Å². The summed E-state index contributed by atoms with van der Waals surface area (Å²) in [6, 6.07) is 6.10.